The van der Waals surface area contributed by atoms with Gasteiger partial charge in [0.15, 0.2) is 6.29 Å². The second-order valence-electron chi connectivity index (χ2n) is 3.49. The van der Waals surface area contributed by atoms with E-state index in [4.69, 9.17) is 5.11 Å². The zero-order valence-electron chi connectivity index (χ0n) is 8.86. The minimum absolute atomic E-state index is 0.189. The molecule has 0 bridgehead atoms. The van der Waals surface area contributed by atoms with Crippen molar-refractivity contribution < 1.29 is 14.7 Å². The quantitative estimate of drug-likeness (QED) is 0.607. The summed E-state index contributed by atoms with van der Waals surface area (Å²) in [4.78, 5) is 24.0. The van der Waals surface area contributed by atoms with Crippen molar-refractivity contribution in [1.29, 1.82) is 0 Å². The summed E-state index contributed by atoms with van der Waals surface area (Å²) in [6.45, 7) is 0. The lowest BCUT2D eigenvalue weighted by atomic mass is 10.1. The molecule has 2 aromatic rings. The molecule has 17 heavy (non-hydrogen) atoms. The molecule has 1 aromatic carbocycles. The fourth-order valence-corrected chi connectivity index (χ4v) is 1.54. The highest BCUT2D eigenvalue weighted by atomic mass is 16.4. The van der Waals surface area contributed by atoms with Crippen LogP contribution < -0.4 is 0 Å². The Kier molecular flexibility index (Phi) is 2.93. The predicted molar refractivity (Wildman–Crippen MR) is 62.8 cm³/mol. The van der Waals surface area contributed by atoms with E-state index in [1.165, 1.54) is 0 Å². The van der Waals surface area contributed by atoms with Crippen LogP contribution in [0.4, 0.5) is 0 Å². The maximum atomic E-state index is 10.8. The fraction of sp³-hybridized carbons (Fsp3) is 0.0769. The molecule has 1 heterocycles. The largest absolute Gasteiger partial charge is 0.481 e. The molecule has 4 nitrogen and oxygen atoms in total. The molecule has 2 rings (SSSR count). The second kappa shape index (κ2) is 4.54. The third-order valence-corrected chi connectivity index (χ3v) is 2.31. The number of H-pyrrole nitrogens is 1. The zero-order valence-corrected chi connectivity index (χ0v) is 8.86. The standard InChI is InChI=1S/C13H9NO3/c15-8-10-7-14-12-5-4-9(6-11(10)12)2-1-3-13(16)17/h4-8,14H,3H2,(H,16,17). The number of rotatable bonds is 2. The Morgan fingerprint density at radius 1 is 1.47 bits per heavy atom. The summed E-state index contributed by atoms with van der Waals surface area (Å²) < 4.78 is 0. The molecule has 0 radical (unpaired) electrons. The Morgan fingerprint density at radius 2 is 2.29 bits per heavy atom. The average Bonchev–Trinajstić information content (AvgIpc) is 2.70. The number of aldehydes is 1. The van der Waals surface area contributed by atoms with Gasteiger partial charge in [-0.25, -0.2) is 0 Å². The van der Waals surface area contributed by atoms with E-state index in [2.05, 4.69) is 16.8 Å². The van der Waals surface area contributed by atoms with E-state index in [1.54, 1.807) is 18.3 Å². The van der Waals surface area contributed by atoms with E-state index in [9.17, 15) is 9.59 Å². The molecular formula is C13H9NO3. The van der Waals surface area contributed by atoms with Crippen LogP contribution in [0.25, 0.3) is 10.9 Å². The van der Waals surface area contributed by atoms with E-state index in [0.717, 1.165) is 17.2 Å². The molecule has 0 fully saturated rings. The number of benzene rings is 1. The van der Waals surface area contributed by atoms with E-state index in [-0.39, 0.29) is 6.42 Å². The number of carboxylic acid groups (broad SMARTS) is 1. The van der Waals surface area contributed by atoms with E-state index >= 15 is 0 Å². The number of carbonyl (C=O) groups is 2. The maximum Gasteiger partial charge on any atom is 0.315 e. The number of hydrogen-bond acceptors (Lipinski definition) is 2. The minimum Gasteiger partial charge on any atom is -0.481 e. The molecule has 0 saturated heterocycles. The normalized spacial score (nSPS) is 9.65. The van der Waals surface area contributed by atoms with Crippen molar-refractivity contribution in [2.24, 2.45) is 0 Å². The number of aliphatic carboxylic acids is 1. The lowest BCUT2D eigenvalue weighted by molar-refractivity contribution is -0.135. The molecule has 0 aliphatic rings. The predicted octanol–water partition coefficient (Wildman–Crippen LogP) is 1.81. The Labute approximate surface area is 97.3 Å². The molecule has 0 amide bonds. The van der Waals surface area contributed by atoms with Crippen molar-refractivity contribution in [3.63, 3.8) is 0 Å². The van der Waals surface area contributed by atoms with Gasteiger partial charge in [-0.1, -0.05) is 11.8 Å². The van der Waals surface area contributed by atoms with Crippen LogP contribution in [0.1, 0.15) is 22.3 Å². The van der Waals surface area contributed by atoms with Crippen LogP contribution in [0, 0.1) is 11.8 Å². The number of carboxylic acids is 1. The van der Waals surface area contributed by atoms with Crippen LogP contribution in [-0.2, 0) is 4.79 Å². The van der Waals surface area contributed by atoms with E-state index in [1.807, 2.05) is 6.07 Å². The van der Waals surface area contributed by atoms with Crippen LogP contribution in [0.5, 0.6) is 0 Å². The van der Waals surface area contributed by atoms with Crippen molar-refractivity contribution in [3.8, 4) is 11.8 Å². The highest BCUT2D eigenvalue weighted by Crippen LogP contribution is 2.17. The SMILES string of the molecule is O=Cc1c[nH]c2ccc(C#CCC(=O)O)cc12. The first kappa shape index (κ1) is 11.0. The highest BCUT2D eigenvalue weighted by molar-refractivity contribution is 5.97. The number of aromatic amines is 1. The van der Waals surface area contributed by atoms with Crippen molar-refractivity contribution in [1.82, 2.24) is 4.98 Å². The summed E-state index contributed by atoms with van der Waals surface area (Å²) in [5.74, 6) is 4.35. The van der Waals surface area contributed by atoms with Crippen LogP contribution >= 0.6 is 0 Å². The molecule has 0 saturated carbocycles. The van der Waals surface area contributed by atoms with Gasteiger partial charge in [-0.05, 0) is 18.2 Å². The van der Waals surface area contributed by atoms with E-state index in [0.29, 0.717) is 11.1 Å². The first-order valence-electron chi connectivity index (χ1n) is 4.97. The van der Waals surface area contributed by atoms with Gasteiger partial charge in [0.1, 0.15) is 6.42 Å². The van der Waals surface area contributed by atoms with Crippen LogP contribution in [0.15, 0.2) is 24.4 Å². The number of hydrogen-bond donors (Lipinski definition) is 2. The maximum absolute atomic E-state index is 10.8. The Morgan fingerprint density at radius 3 is 3.00 bits per heavy atom. The summed E-state index contributed by atoms with van der Waals surface area (Å²) >= 11 is 0. The summed E-state index contributed by atoms with van der Waals surface area (Å²) in [5, 5.41) is 9.25. The average molecular weight is 227 g/mol. The van der Waals surface area contributed by atoms with Crippen LogP contribution in [0.3, 0.4) is 0 Å². The molecule has 0 atom stereocenters. The van der Waals surface area contributed by atoms with Crippen molar-refractivity contribution in [3.05, 3.63) is 35.5 Å². The van der Waals surface area contributed by atoms with Gasteiger partial charge in [0.05, 0.1) is 0 Å². The second-order valence-corrected chi connectivity index (χ2v) is 3.49. The molecule has 0 aliphatic heterocycles. The van der Waals surface area contributed by atoms with Crippen molar-refractivity contribution >= 4 is 23.2 Å². The summed E-state index contributed by atoms with van der Waals surface area (Å²) in [5.41, 5.74) is 2.12. The monoisotopic (exact) mass is 227 g/mol. The van der Waals surface area contributed by atoms with E-state index < -0.39 is 5.97 Å². The van der Waals surface area contributed by atoms with Crippen molar-refractivity contribution in [2.75, 3.05) is 0 Å². The third kappa shape index (κ3) is 2.34. The molecule has 4 heteroatoms. The number of carbonyl (C=O) groups excluding carboxylic acids is 1. The molecule has 0 aliphatic carbocycles. The van der Waals surface area contributed by atoms with Gasteiger partial charge in [-0.3, -0.25) is 9.59 Å². The number of fused-ring (bicyclic) bond motifs is 1. The fourth-order valence-electron chi connectivity index (χ4n) is 1.54. The van der Waals surface area contributed by atoms with Crippen LogP contribution in [0.2, 0.25) is 0 Å². The van der Waals surface area contributed by atoms with Crippen molar-refractivity contribution in [2.45, 2.75) is 6.42 Å². The smallest absolute Gasteiger partial charge is 0.315 e. The highest BCUT2D eigenvalue weighted by Gasteiger charge is 2.02. The van der Waals surface area contributed by atoms with Gasteiger partial charge >= 0.3 is 5.97 Å². The Hall–Kier alpha value is -2.54. The zero-order chi connectivity index (χ0) is 12.3. The first-order valence-corrected chi connectivity index (χ1v) is 4.97. The topological polar surface area (TPSA) is 70.2 Å². The molecule has 2 N–H and O–H groups in total. The van der Waals surface area contributed by atoms with Gasteiger partial charge in [-0.2, -0.15) is 0 Å². The summed E-state index contributed by atoms with van der Waals surface area (Å²) in [6.07, 6.45) is 2.21. The summed E-state index contributed by atoms with van der Waals surface area (Å²) in [6, 6.07) is 5.36. The molecular weight excluding hydrogens is 218 g/mol. The Bertz CT molecular complexity index is 643. The third-order valence-electron chi connectivity index (χ3n) is 2.31. The minimum atomic E-state index is -0.950. The molecule has 1 aromatic heterocycles. The van der Waals surface area contributed by atoms with Crippen LogP contribution in [-0.4, -0.2) is 22.3 Å². The first-order chi connectivity index (χ1) is 8.20. The number of nitrogens with one attached hydrogen (secondary N) is 1. The molecule has 0 spiro atoms. The van der Waals surface area contributed by atoms with Gasteiger partial charge in [0.25, 0.3) is 0 Å². The number of aromatic nitrogens is 1. The van der Waals surface area contributed by atoms with Gasteiger partial charge in [0, 0.05) is 28.2 Å². The molecule has 84 valence electrons. The lowest BCUT2D eigenvalue weighted by Crippen LogP contribution is -1.90. The van der Waals surface area contributed by atoms with Gasteiger partial charge in [-0.15, -0.1) is 0 Å². The molecule has 0 unspecified atom stereocenters. The lowest BCUT2D eigenvalue weighted by Gasteiger charge is -1.93. The summed E-state index contributed by atoms with van der Waals surface area (Å²) in [7, 11) is 0. The Balaban J connectivity index is 2.38. The van der Waals surface area contributed by atoms with Gasteiger partial charge < -0.3 is 10.1 Å². The van der Waals surface area contributed by atoms with Gasteiger partial charge in [0.2, 0.25) is 0 Å².